The first-order chi connectivity index (χ1) is 7.59. The van der Waals surface area contributed by atoms with E-state index in [1.54, 1.807) is 0 Å². The molecule has 2 unspecified atom stereocenters. The van der Waals surface area contributed by atoms with Gasteiger partial charge >= 0.3 is 0 Å². The van der Waals surface area contributed by atoms with Crippen LogP contribution in [0.25, 0.3) is 0 Å². The van der Waals surface area contributed by atoms with Gasteiger partial charge in [0, 0.05) is 24.9 Å². The maximum atomic E-state index is 12.2. The smallest absolute Gasteiger partial charge is 0.225 e. The van der Waals surface area contributed by atoms with Crippen LogP contribution < -0.4 is 5.73 Å². The predicted molar refractivity (Wildman–Crippen MR) is 68.0 cm³/mol. The van der Waals surface area contributed by atoms with Gasteiger partial charge in [0.15, 0.2) is 0 Å². The fraction of sp³-hybridized carbons (Fsp3) is 0.833. The lowest BCUT2D eigenvalue weighted by Crippen LogP contribution is -2.45. The van der Waals surface area contributed by atoms with Crippen molar-refractivity contribution in [3.8, 4) is 0 Å². The first-order valence-corrected chi connectivity index (χ1v) is 6.58. The van der Waals surface area contributed by atoms with Gasteiger partial charge in [0.2, 0.25) is 5.91 Å². The minimum absolute atomic E-state index is 0.199. The van der Waals surface area contributed by atoms with Crippen LogP contribution in [0.1, 0.15) is 32.6 Å². The third-order valence-electron chi connectivity index (χ3n) is 3.85. The molecule has 16 heavy (non-hydrogen) atoms. The number of rotatable bonds is 3. The largest absolute Gasteiger partial charge is 0.393 e. The Balaban J connectivity index is 1.92. The zero-order valence-corrected chi connectivity index (χ0v) is 10.6. The fourth-order valence-electron chi connectivity index (χ4n) is 2.50. The molecule has 2 N–H and O–H groups in total. The standard InChI is InChI=1S/C12H20N2OS/c1-8(9-4-5-9)12(15)14-6-2-3-10(7-14)11(13)16/h8-10H,2-7H2,1H3,(H2,13,16). The van der Waals surface area contributed by atoms with Crippen LogP contribution in [-0.2, 0) is 4.79 Å². The van der Waals surface area contributed by atoms with Gasteiger partial charge < -0.3 is 10.6 Å². The van der Waals surface area contributed by atoms with Crippen LogP contribution in [0.4, 0.5) is 0 Å². The molecule has 0 spiro atoms. The molecule has 2 aliphatic rings. The highest BCUT2D eigenvalue weighted by Crippen LogP contribution is 2.37. The van der Waals surface area contributed by atoms with Gasteiger partial charge in [-0.05, 0) is 31.6 Å². The Kier molecular flexibility index (Phi) is 3.47. The molecule has 0 aromatic carbocycles. The predicted octanol–water partition coefficient (Wildman–Crippen LogP) is 1.56. The summed E-state index contributed by atoms with van der Waals surface area (Å²) >= 11 is 5.02. The summed E-state index contributed by atoms with van der Waals surface area (Å²) in [5, 5.41) is 0. The van der Waals surface area contributed by atoms with E-state index in [0.717, 1.165) is 25.9 Å². The van der Waals surface area contributed by atoms with Crippen molar-refractivity contribution in [3.63, 3.8) is 0 Å². The number of piperidine rings is 1. The first-order valence-electron chi connectivity index (χ1n) is 6.17. The van der Waals surface area contributed by atoms with Gasteiger partial charge in [-0.2, -0.15) is 0 Å². The number of likely N-dealkylation sites (tertiary alicyclic amines) is 1. The van der Waals surface area contributed by atoms with Crippen LogP contribution in [0.5, 0.6) is 0 Å². The number of amides is 1. The summed E-state index contributed by atoms with van der Waals surface area (Å²) < 4.78 is 0. The maximum absolute atomic E-state index is 12.2. The summed E-state index contributed by atoms with van der Waals surface area (Å²) in [6, 6.07) is 0. The number of carbonyl (C=O) groups is 1. The van der Waals surface area contributed by atoms with E-state index in [9.17, 15) is 4.79 Å². The molecule has 1 aliphatic carbocycles. The van der Waals surface area contributed by atoms with Gasteiger partial charge in [-0.3, -0.25) is 4.79 Å². The monoisotopic (exact) mass is 240 g/mol. The summed E-state index contributed by atoms with van der Waals surface area (Å²) in [4.78, 5) is 14.7. The lowest BCUT2D eigenvalue weighted by atomic mass is 9.96. The van der Waals surface area contributed by atoms with E-state index in [2.05, 4.69) is 6.92 Å². The summed E-state index contributed by atoms with van der Waals surface area (Å²) in [6.45, 7) is 3.69. The molecule has 1 amide bonds. The molecule has 0 aromatic heterocycles. The minimum atomic E-state index is 0.199. The second-order valence-electron chi connectivity index (χ2n) is 5.15. The van der Waals surface area contributed by atoms with E-state index in [1.165, 1.54) is 12.8 Å². The van der Waals surface area contributed by atoms with E-state index in [0.29, 0.717) is 16.8 Å². The molecule has 0 aromatic rings. The topological polar surface area (TPSA) is 46.3 Å². The van der Waals surface area contributed by atoms with Crippen LogP contribution in [0.2, 0.25) is 0 Å². The third kappa shape index (κ3) is 2.54. The summed E-state index contributed by atoms with van der Waals surface area (Å²) in [7, 11) is 0. The highest BCUT2D eigenvalue weighted by Gasteiger charge is 2.36. The average Bonchev–Trinajstić information content (AvgIpc) is 3.11. The molecule has 1 heterocycles. The Morgan fingerprint density at radius 3 is 2.69 bits per heavy atom. The molecule has 0 bridgehead atoms. The molecule has 1 aliphatic heterocycles. The molecule has 2 rings (SSSR count). The van der Waals surface area contributed by atoms with Crippen molar-refractivity contribution in [2.24, 2.45) is 23.5 Å². The number of nitrogens with zero attached hydrogens (tertiary/aromatic N) is 1. The van der Waals surface area contributed by atoms with E-state index in [4.69, 9.17) is 18.0 Å². The quantitative estimate of drug-likeness (QED) is 0.761. The molecule has 3 nitrogen and oxygen atoms in total. The van der Waals surface area contributed by atoms with E-state index >= 15 is 0 Å². The first kappa shape index (κ1) is 11.8. The lowest BCUT2D eigenvalue weighted by molar-refractivity contribution is -0.137. The third-order valence-corrected chi connectivity index (χ3v) is 4.19. The fourth-order valence-corrected chi connectivity index (χ4v) is 2.69. The number of hydrogen-bond donors (Lipinski definition) is 1. The Hall–Kier alpha value is -0.640. The molecule has 2 atom stereocenters. The van der Waals surface area contributed by atoms with Crippen molar-refractivity contribution in [1.82, 2.24) is 4.90 Å². The molecule has 0 radical (unpaired) electrons. The van der Waals surface area contributed by atoms with E-state index in [1.807, 2.05) is 4.90 Å². The van der Waals surface area contributed by atoms with Crippen LogP contribution in [0, 0.1) is 17.8 Å². The number of thiocarbonyl (C=S) groups is 1. The Morgan fingerprint density at radius 1 is 1.44 bits per heavy atom. The minimum Gasteiger partial charge on any atom is -0.393 e. The molecule has 1 saturated heterocycles. The Morgan fingerprint density at radius 2 is 2.12 bits per heavy atom. The lowest BCUT2D eigenvalue weighted by Gasteiger charge is -2.34. The second kappa shape index (κ2) is 4.70. The van der Waals surface area contributed by atoms with E-state index < -0.39 is 0 Å². The van der Waals surface area contributed by atoms with Crippen LogP contribution >= 0.6 is 12.2 Å². The van der Waals surface area contributed by atoms with Crippen molar-refractivity contribution < 1.29 is 4.79 Å². The van der Waals surface area contributed by atoms with Crippen molar-refractivity contribution >= 4 is 23.1 Å². The molecule has 2 fully saturated rings. The van der Waals surface area contributed by atoms with E-state index in [-0.39, 0.29) is 11.8 Å². The van der Waals surface area contributed by atoms with Gasteiger partial charge in [-0.15, -0.1) is 0 Å². The SMILES string of the molecule is CC(C(=O)N1CCCC(C(N)=S)C1)C1CC1. The van der Waals surface area contributed by atoms with Crippen LogP contribution in [0.3, 0.4) is 0 Å². The molecule has 90 valence electrons. The number of nitrogens with two attached hydrogens (primary N) is 1. The van der Waals surface area contributed by atoms with Gasteiger partial charge in [0.05, 0.1) is 4.99 Å². The van der Waals surface area contributed by atoms with Crippen molar-refractivity contribution in [3.05, 3.63) is 0 Å². The number of carbonyl (C=O) groups excluding carboxylic acids is 1. The van der Waals surface area contributed by atoms with Gasteiger partial charge in [0.1, 0.15) is 0 Å². The summed E-state index contributed by atoms with van der Waals surface area (Å²) in [6.07, 6.45) is 4.51. The Bertz CT molecular complexity index is 301. The van der Waals surface area contributed by atoms with Crippen LogP contribution in [0.15, 0.2) is 0 Å². The normalized spacial score (nSPS) is 27.6. The summed E-state index contributed by atoms with van der Waals surface area (Å²) in [5.41, 5.74) is 5.67. The highest BCUT2D eigenvalue weighted by molar-refractivity contribution is 7.80. The molecule has 1 saturated carbocycles. The van der Waals surface area contributed by atoms with Crippen LogP contribution in [-0.4, -0.2) is 28.9 Å². The van der Waals surface area contributed by atoms with Crippen molar-refractivity contribution in [2.75, 3.05) is 13.1 Å². The van der Waals surface area contributed by atoms with Gasteiger partial charge in [-0.1, -0.05) is 19.1 Å². The zero-order chi connectivity index (χ0) is 11.7. The maximum Gasteiger partial charge on any atom is 0.225 e. The van der Waals surface area contributed by atoms with Crippen molar-refractivity contribution in [2.45, 2.75) is 32.6 Å². The van der Waals surface area contributed by atoms with Crippen molar-refractivity contribution in [1.29, 1.82) is 0 Å². The van der Waals surface area contributed by atoms with Gasteiger partial charge in [0.25, 0.3) is 0 Å². The molecule has 4 heteroatoms. The number of hydrogen-bond acceptors (Lipinski definition) is 2. The second-order valence-corrected chi connectivity index (χ2v) is 5.62. The van der Waals surface area contributed by atoms with Gasteiger partial charge in [-0.25, -0.2) is 0 Å². The molecular weight excluding hydrogens is 220 g/mol. The zero-order valence-electron chi connectivity index (χ0n) is 9.82. The summed E-state index contributed by atoms with van der Waals surface area (Å²) in [5.74, 6) is 1.38. The Labute approximate surface area is 102 Å². The highest BCUT2D eigenvalue weighted by atomic mass is 32.1. The molecular formula is C12H20N2OS. The average molecular weight is 240 g/mol.